The van der Waals surface area contributed by atoms with Crippen LogP contribution in [0.5, 0.6) is 5.75 Å². The van der Waals surface area contributed by atoms with E-state index in [1.807, 2.05) is 22.4 Å². The maximum absolute atomic E-state index is 12.5. The Labute approximate surface area is 176 Å². The second kappa shape index (κ2) is 8.71. The van der Waals surface area contributed by atoms with Gasteiger partial charge < -0.3 is 15.0 Å². The molecule has 0 aliphatic carbocycles. The number of hydrogen-bond donors (Lipinski definition) is 1. The zero-order valence-corrected chi connectivity index (χ0v) is 17.5. The molecule has 0 bridgehead atoms. The summed E-state index contributed by atoms with van der Waals surface area (Å²) in [5.41, 5.74) is 0.674. The lowest BCUT2D eigenvalue weighted by molar-refractivity contribution is 0.0717. The van der Waals surface area contributed by atoms with E-state index < -0.39 is 0 Å². The zero-order chi connectivity index (χ0) is 20.2. The number of nitrogens with zero attached hydrogens (tertiary/aromatic N) is 3. The predicted molar refractivity (Wildman–Crippen MR) is 113 cm³/mol. The van der Waals surface area contributed by atoms with Crippen LogP contribution in [0.1, 0.15) is 43.2 Å². The highest BCUT2D eigenvalue weighted by Gasteiger charge is 2.27. The van der Waals surface area contributed by atoms with Crippen LogP contribution in [0.4, 0.5) is 5.69 Å². The summed E-state index contributed by atoms with van der Waals surface area (Å²) in [5.74, 6) is 0.770. The number of carbonyl (C=O) groups excluding carboxylic acids is 2. The molecule has 0 atom stereocenters. The van der Waals surface area contributed by atoms with Crippen molar-refractivity contribution in [1.29, 1.82) is 0 Å². The topological polar surface area (TPSA) is 84.4 Å². The number of piperidine rings is 1. The Morgan fingerprint density at radius 3 is 2.55 bits per heavy atom. The van der Waals surface area contributed by atoms with Crippen molar-refractivity contribution < 1.29 is 14.3 Å². The molecule has 2 amide bonds. The van der Waals surface area contributed by atoms with Crippen LogP contribution in [-0.4, -0.2) is 47.1 Å². The fourth-order valence-corrected chi connectivity index (χ4v) is 4.83. The van der Waals surface area contributed by atoms with Crippen molar-refractivity contribution in [3.8, 4) is 5.75 Å². The second-order valence-electron chi connectivity index (χ2n) is 6.67. The first-order valence-electron chi connectivity index (χ1n) is 9.25. The molecule has 3 heterocycles. The lowest BCUT2D eigenvalue weighted by atomic mass is 9.97. The van der Waals surface area contributed by atoms with Crippen molar-refractivity contribution in [3.05, 3.63) is 56.7 Å². The minimum absolute atomic E-state index is 0.0928. The molecule has 2 aromatic heterocycles. The largest absolute Gasteiger partial charge is 0.497 e. The third kappa shape index (κ3) is 4.46. The molecule has 1 aromatic carbocycles. The van der Waals surface area contributed by atoms with Gasteiger partial charge in [-0.3, -0.25) is 9.59 Å². The molecular formula is C20H20N4O3S2. The highest BCUT2D eigenvalue weighted by molar-refractivity contribution is 7.13. The number of hydrogen-bond acceptors (Lipinski definition) is 7. The average molecular weight is 429 g/mol. The molecule has 29 heavy (non-hydrogen) atoms. The summed E-state index contributed by atoms with van der Waals surface area (Å²) < 4.78 is 5.12. The van der Waals surface area contributed by atoms with Gasteiger partial charge >= 0.3 is 0 Å². The van der Waals surface area contributed by atoms with E-state index >= 15 is 0 Å². The highest BCUT2D eigenvalue weighted by Crippen LogP contribution is 2.31. The Morgan fingerprint density at radius 1 is 1.14 bits per heavy atom. The Morgan fingerprint density at radius 2 is 1.90 bits per heavy atom. The number of thiophene rings is 1. The van der Waals surface area contributed by atoms with E-state index in [9.17, 15) is 9.59 Å². The SMILES string of the molecule is COc1ccc(NC(=O)c2nnc(C3CCN(C(=O)c4cccs4)CC3)s2)cc1. The molecule has 150 valence electrons. The number of likely N-dealkylation sites (tertiary alicyclic amines) is 1. The van der Waals surface area contributed by atoms with Crippen molar-refractivity contribution in [2.24, 2.45) is 0 Å². The van der Waals surface area contributed by atoms with Crippen molar-refractivity contribution in [3.63, 3.8) is 0 Å². The van der Waals surface area contributed by atoms with Gasteiger partial charge in [-0.05, 0) is 48.6 Å². The van der Waals surface area contributed by atoms with Crippen LogP contribution in [0, 0.1) is 0 Å². The molecule has 1 aliphatic heterocycles. The Kier molecular flexibility index (Phi) is 5.86. The molecule has 1 fully saturated rings. The fourth-order valence-electron chi connectivity index (χ4n) is 3.24. The Balaban J connectivity index is 1.34. The van der Waals surface area contributed by atoms with Gasteiger partial charge in [-0.15, -0.1) is 21.5 Å². The van der Waals surface area contributed by atoms with E-state index in [4.69, 9.17) is 4.74 Å². The first-order chi connectivity index (χ1) is 14.1. The van der Waals surface area contributed by atoms with Crippen LogP contribution in [0.2, 0.25) is 0 Å². The van der Waals surface area contributed by atoms with Gasteiger partial charge in [0, 0.05) is 24.7 Å². The Hall–Kier alpha value is -2.78. The normalized spacial score (nSPS) is 14.6. The van der Waals surface area contributed by atoms with E-state index in [1.54, 1.807) is 31.4 Å². The van der Waals surface area contributed by atoms with E-state index in [1.165, 1.54) is 22.7 Å². The molecule has 9 heteroatoms. The summed E-state index contributed by atoms with van der Waals surface area (Å²) in [4.78, 5) is 27.6. The van der Waals surface area contributed by atoms with Crippen molar-refractivity contribution in [2.75, 3.05) is 25.5 Å². The first kappa shape index (κ1) is 19.5. The summed E-state index contributed by atoms with van der Waals surface area (Å²) in [5, 5.41) is 14.2. The number of methoxy groups -OCH3 is 1. The summed E-state index contributed by atoms with van der Waals surface area (Å²) >= 11 is 2.79. The molecule has 0 spiro atoms. The number of anilines is 1. The van der Waals surface area contributed by atoms with Gasteiger partial charge in [0.2, 0.25) is 5.01 Å². The van der Waals surface area contributed by atoms with Gasteiger partial charge in [-0.2, -0.15) is 0 Å². The number of carbonyl (C=O) groups is 2. The summed E-state index contributed by atoms with van der Waals surface area (Å²) in [6.45, 7) is 1.38. The standard InChI is InChI=1S/C20H20N4O3S2/c1-27-15-6-4-14(5-7-15)21-17(25)19-23-22-18(29-19)13-8-10-24(11-9-13)20(26)16-3-2-12-28-16/h2-7,12-13H,8-11H2,1H3,(H,21,25). The third-order valence-corrected chi connectivity index (χ3v) is 6.79. The van der Waals surface area contributed by atoms with Gasteiger partial charge in [-0.25, -0.2) is 0 Å². The quantitative estimate of drug-likeness (QED) is 0.667. The van der Waals surface area contributed by atoms with Crippen LogP contribution >= 0.6 is 22.7 Å². The number of ether oxygens (including phenoxy) is 1. The monoisotopic (exact) mass is 428 g/mol. The van der Waals surface area contributed by atoms with Gasteiger partial charge in [-0.1, -0.05) is 17.4 Å². The van der Waals surface area contributed by atoms with Crippen molar-refractivity contribution >= 4 is 40.2 Å². The molecule has 3 aromatic rings. The number of nitrogens with one attached hydrogen (secondary N) is 1. The number of rotatable bonds is 5. The molecule has 4 rings (SSSR count). The summed E-state index contributed by atoms with van der Waals surface area (Å²) in [6.07, 6.45) is 1.65. The highest BCUT2D eigenvalue weighted by atomic mass is 32.1. The lowest BCUT2D eigenvalue weighted by Crippen LogP contribution is -2.37. The van der Waals surface area contributed by atoms with Crippen LogP contribution < -0.4 is 10.1 Å². The van der Waals surface area contributed by atoms with Crippen LogP contribution in [0.3, 0.4) is 0 Å². The molecule has 0 unspecified atom stereocenters. The lowest BCUT2D eigenvalue weighted by Gasteiger charge is -2.30. The smallest absolute Gasteiger partial charge is 0.286 e. The summed E-state index contributed by atoms with van der Waals surface area (Å²) in [7, 11) is 1.60. The van der Waals surface area contributed by atoms with Crippen LogP contribution in [-0.2, 0) is 0 Å². The molecule has 1 saturated heterocycles. The zero-order valence-electron chi connectivity index (χ0n) is 15.8. The number of aromatic nitrogens is 2. The Bertz CT molecular complexity index is 978. The van der Waals surface area contributed by atoms with Gasteiger partial charge in [0.05, 0.1) is 12.0 Å². The second-order valence-corrected chi connectivity index (χ2v) is 8.63. The van der Waals surface area contributed by atoms with Gasteiger partial charge in [0.15, 0.2) is 0 Å². The number of benzene rings is 1. The number of amides is 2. The minimum Gasteiger partial charge on any atom is -0.497 e. The first-order valence-corrected chi connectivity index (χ1v) is 11.0. The third-order valence-electron chi connectivity index (χ3n) is 4.85. The van der Waals surface area contributed by atoms with Crippen LogP contribution in [0.15, 0.2) is 41.8 Å². The van der Waals surface area contributed by atoms with Gasteiger partial charge in [0.25, 0.3) is 11.8 Å². The maximum Gasteiger partial charge on any atom is 0.286 e. The van der Waals surface area contributed by atoms with Crippen LogP contribution in [0.25, 0.3) is 0 Å². The molecular weight excluding hydrogens is 408 g/mol. The van der Waals surface area contributed by atoms with E-state index in [-0.39, 0.29) is 17.7 Å². The molecule has 1 aliphatic rings. The molecule has 0 radical (unpaired) electrons. The van der Waals surface area contributed by atoms with Crippen molar-refractivity contribution in [2.45, 2.75) is 18.8 Å². The average Bonchev–Trinajstić information content (AvgIpc) is 3.46. The minimum atomic E-state index is -0.274. The van der Waals surface area contributed by atoms with E-state index in [0.717, 1.165) is 28.5 Å². The molecule has 0 saturated carbocycles. The maximum atomic E-state index is 12.5. The van der Waals surface area contributed by atoms with E-state index in [0.29, 0.717) is 23.8 Å². The fraction of sp³-hybridized carbons (Fsp3) is 0.300. The summed E-state index contributed by atoms with van der Waals surface area (Å²) in [6, 6.07) is 10.9. The van der Waals surface area contributed by atoms with E-state index in [2.05, 4.69) is 15.5 Å². The predicted octanol–water partition coefficient (Wildman–Crippen LogP) is 3.88. The molecule has 7 nitrogen and oxygen atoms in total. The van der Waals surface area contributed by atoms with Crippen molar-refractivity contribution in [1.82, 2.24) is 15.1 Å². The molecule has 1 N–H and O–H groups in total. The van der Waals surface area contributed by atoms with Gasteiger partial charge in [0.1, 0.15) is 10.8 Å².